The first-order valence-corrected chi connectivity index (χ1v) is 7.23. The monoisotopic (exact) mass is 295 g/mol. The molecule has 0 bridgehead atoms. The molecule has 1 fully saturated rings. The summed E-state index contributed by atoms with van der Waals surface area (Å²) in [6, 6.07) is 4.50. The third kappa shape index (κ3) is 4.41. The first kappa shape index (κ1) is 15.7. The van der Waals surface area contributed by atoms with E-state index in [2.05, 4.69) is 10.1 Å². The topological polar surface area (TPSA) is 71.1 Å². The van der Waals surface area contributed by atoms with Gasteiger partial charge in [-0.1, -0.05) is 5.16 Å². The van der Waals surface area contributed by atoms with E-state index < -0.39 is 0 Å². The fourth-order valence-electron chi connectivity index (χ4n) is 2.73. The van der Waals surface area contributed by atoms with E-state index in [4.69, 9.17) is 15.7 Å². The fraction of sp³-hybridized carbons (Fsp3) is 0.533. The highest BCUT2D eigenvalue weighted by atomic mass is 19.1. The number of nitrogens with two attached hydrogens (primary N) is 1. The van der Waals surface area contributed by atoms with Gasteiger partial charge in [0.2, 0.25) is 0 Å². The summed E-state index contributed by atoms with van der Waals surface area (Å²) in [4.78, 5) is 2.24. The first-order valence-electron chi connectivity index (χ1n) is 7.23. The molecule has 1 aliphatic rings. The molecule has 0 spiro atoms. The third-order valence-corrected chi connectivity index (χ3v) is 3.63. The maximum absolute atomic E-state index is 13.6. The Morgan fingerprint density at radius 2 is 2.33 bits per heavy atom. The van der Waals surface area contributed by atoms with Crippen molar-refractivity contribution in [2.24, 2.45) is 10.9 Å². The lowest BCUT2D eigenvalue weighted by molar-refractivity contribution is 0.00361. The van der Waals surface area contributed by atoms with Crippen LogP contribution in [0.2, 0.25) is 0 Å². The average molecular weight is 295 g/mol. The molecule has 1 unspecified atom stereocenters. The molecule has 1 heterocycles. The second-order valence-electron chi connectivity index (χ2n) is 5.29. The van der Waals surface area contributed by atoms with E-state index in [-0.39, 0.29) is 17.8 Å². The largest absolute Gasteiger partial charge is 0.409 e. The number of benzene rings is 1. The van der Waals surface area contributed by atoms with Crippen molar-refractivity contribution in [2.45, 2.75) is 32.4 Å². The highest BCUT2D eigenvalue weighted by molar-refractivity contribution is 5.97. The van der Waals surface area contributed by atoms with Crippen molar-refractivity contribution in [1.29, 1.82) is 0 Å². The SMILES string of the molecule is CCOC1CCCN(Cc2cc(F)cc(/C(N)=N/O)c2)C1. The third-order valence-electron chi connectivity index (χ3n) is 3.63. The second-order valence-corrected chi connectivity index (χ2v) is 5.29. The van der Waals surface area contributed by atoms with Crippen molar-refractivity contribution in [3.63, 3.8) is 0 Å². The van der Waals surface area contributed by atoms with Gasteiger partial charge < -0.3 is 15.7 Å². The molecule has 0 amide bonds. The lowest BCUT2D eigenvalue weighted by atomic mass is 10.1. The summed E-state index contributed by atoms with van der Waals surface area (Å²) < 4.78 is 19.3. The van der Waals surface area contributed by atoms with Gasteiger partial charge in [-0.15, -0.1) is 0 Å². The molecular weight excluding hydrogens is 273 g/mol. The fourth-order valence-corrected chi connectivity index (χ4v) is 2.73. The standard InChI is InChI=1S/C15H22FN3O2/c1-2-21-14-4-3-5-19(10-14)9-11-6-12(15(17)18-20)8-13(16)7-11/h6-8,14,20H,2-5,9-10H2,1H3,(H2,17,18). The summed E-state index contributed by atoms with van der Waals surface area (Å²) in [6.07, 6.45) is 2.40. The average Bonchev–Trinajstić information content (AvgIpc) is 2.46. The lowest BCUT2D eigenvalue weighted by Crippen LogP contribution is -2.39. The number of hydrogen-bond donors (Lipinski definition) is 2. The van der Waals surface area contributed by atoms with E-state index in [0.29, 0.717) is 18.7 Å². The zero-order chi connectivity index (χ0) is 15.2. The minimum Gasteiger partial charge on any atom is -0.409 e. The molecule has 3 N–H and O–H groups in total. The number of piperidine rings is 1. The van der Waals surface area contributed by atoms with Crippen molar-refractivity contribution >= 4 is 5.84 Å². The summed E-state index contributed by atoms with van der Waals surface area (Å²) >= 11 is 0. The van der Waals surface area contributed by atoms with E-state index in [1.165, 1.54) is 12.1 Å². The minimum atomic E-state index is -0.382. The van der Waals surface area contributed by atoms with Crippen LogP contribution in [0.25, 0.3) is 0 Å². The number of likely N-dealkylation sites (tertiary alicyclic amines) is 1. The Labute approximate surface area is 124 Å². The Bertz CT molecular complexity index is 506. The van der Waals surface area contributed by atoms with Gasteiger partial charge in [0.15, 0.2) is 5.84 Å². The molecule has 1 saturated heterocycles. The molecule has 1 aliphatic heterocycles. The smallest absolute Gasteiger partial charge is 0.170 e. The van der Waals surface area contributed by atoms with Crippen LogP contribution in [0.3, 0.4) is 0 Å². The number of oxime groups is 1. The van der Waals surface area contributed by atoms with Gasteiger partial charge in [-0.3, -0.25) is 4.90 Å². The number of hydrogen-bond acceptors (Lipinski definition) is 4. The van der Waals surface area contributed by atoms with Gasteiger partial charge in [-0.25, -0.2) is 4.39 Å². The number of amidine groups is 1. The zero-order valence-electron chi connectivity index (χ0n) is 12.3. The normalized spacial score (nSPS) is 20.7. The minimum absolute atomic E-state index is 0.0819. The molecule has 5 nitrogen and oxygen atoms in total. The van der Waals surface area contributed by atoms with Crippen LogP contribution in [0.15, 0.2) is 23.4 Å². The Balaban J connectivity index is 2.07. The molecule has 1 aromatic rings. The molecule has 0 radical (unpaired) electrons. The lowest BCUT2D eigenvalue weighted by Gasteiger charge is -2.32. The quantitative estimate of drug-likeness (QED) is 0.377. The number of rotatable bonds is 5. The zero-order valence-corrected chi connectivity index (χ0v) is 12.3. The highest BCUT2D eigenvalue weighted by Gasteiger charge is 2.20. The Morgan fingerprint density at radius 3 is 3.05 bits per heavy atom. The Morgan fingerprint density at radius 1 is 1.52 bits per heavy atom. The molecular formula is C15H22FN3O2. The van der Waals surface area contributed by atoms with Crippen LogP contribution in [0.4, 0.5) is 4.39 Å². The molecule has 0 saturated carbocycles. The Kier molecular flexibility index (Phi) is 5.52. The molecule has 1 aromatic carbocycles. The number of nitrogens with zero attached hydrogens (tertiary/aromatic N) is 2. The summed E-state index contributed by atoms with van der Waals surface area (Å²) in [5.41, 5.74) is 6.73. The van der Waals surface area contributed by atoms with Crippen molar-refractivity contribution in [3.8, 4) is 0 Å². The van der Waals surface area contributed by atoms with Crippen molar-refractivity contribution in [2.75, 3.05) is 19.7 Å². The van der Waals surface area contributed by atoms with Gasteiger partial charge in [0.05, 0.1) is 6.10 Å². The summed E-state index contributed by atoms with van der Waals surface area (Å²) in [7, 11) is 0. The van der Waals surface area contributed by atoms with Gasteiger partial charge in [-0.2, -0.15) is 0 Å². The van der Waals surface area contributed by atoms with Crippen LogP contribution in [0, 0.1) is 5.82 Å². The predicted molar refractivity (Wildman–Crippen MR) is 78.8 cm³/mol. The van der Waals surface area contributed by atoms with Gasteiger partial charge in [0.25, 0.3) is 0 Å². The highest BCUT2D eigenvalue weighted by Crippen LogP contribution is 2.17. The molecule has 1 atom stereocenters. The Hall–Kier alpha value is -1.66. The predicted octanol–water partition coefficient (Wildman–Crippen LogP) is 1.92. The van der Waals surface area contributed by atoms with Crippen LogP contribution in [-0.4, -0.2) is 41.7 Å². The molecule has 21 heavy (non-hydrogen) atoms. The van der Waals surface area contributed by atoms with E-state index in [9.17, 15) is 4.39 Å². The van der Waals surface area contributed by atoms with E-state index in [1.54, 1.807) is 6.07 Å². The second kappa shape index (κ2) is 7.38. The van der Waals surface area contributed by atoms with Gasteiger partial charge in [-0.05, 0) is 50.1 Å². The summed E-state index contributed by atoms with van der Waals surface area (Å²) in [5, 5.41) is 11.6. The van der Waals surface area contributed by atoms with E-state index >= 15 is 0 Å². The van der Waals surface area contributed by atoms with Crippen LogP contribution in [-0.2, 0) is 11.3 Å². The van der Waals surface area contributed by atoms with Gasteiger partial charge in [0.1, 0.15) is 5.82 Å². The molecule has 0 aliphatic carbocycles. The molecule has 116 valence electrons. The number of halogens is 1. The van der Waals surface area contributed by atoms with Crippen LogP contribution >= 0.6 is 0 Å². The van der Waals surface area contributed by atoms with Crippen molar-refractivity contribution < 1.29 is 14.3 Å². The molecule has 2 rings (SSSR count). The maximum atomic E-state index is 13.6. The van der Waals surface area contributed by atoms with E-state index in [0.717, 1.165) is 31.5 Å². The molecule has 0 aromatic heterocycles. The maximum Gasteiger partial charge on any atom is 0.170 e. The molecule has 6 heteroatoms. The van der Waals surface area contributed by atoms with Crippen molar-refractivity contribution in [3.05, 3.63) is 35.1 Å². The first-order chi connectivity index (χ1) is 10.1. The van der Waals surface area contributed by atoms with Crippen molar-refractivity contribution in [1.82, 2.24) is 4.90 Å². The van der Waals surface area contributed by atoms with Gasteiger partial charge >= 0.3 is 0 Å². The van der Waals surface area contributed by atoms with Crippen LogP contribution < -0.4 is 5.73 Å². The summed E-state index contributed by atoms with van der Waals surface area (Å²) in [5.74, 6) is -0.464. The van der Waals surface area contributed by atoms with Crippen LogP contribution in [0.1, 0.15) is 30.9 Å². The summed E-state index contributed by atoms with van der Waals surface area (Å²) in [6.45, 7) is 5.16. The van der Waals surface area contributed by atoms with E-state index in [1.807, 2.05) is 6.92 Å². The van der Waals surface area contributed by atoms with Gasteiger partial charge in [0, 0.05) is 25.3 Å². The van der Waals surface area contributed by atoms with Crippen LogP contribution in [0.5, 0.6) is 0 Å². The number of ether oxygens (including phenoxy) is 1.